The van der Waals surface area contributed by atoms with Crippen molar-refractivity contribution in [1.82, 2.24) is 4.90 Å². The highest BCUT2D eigenvalue weighted by Crippen LogP contribution is 2.26. The fourth-order valence-corrected chi connectivity index (χ4v) is 2.80. The van der Waals surface area contributed by atoms with E-state index in [0.29, 0.717) is 0 Å². The van der Waals surface area contributed by atoms with Crippen LogP contribution < -0.4 is 10.2 Å². The molecule has 1 saturated heterocycles. The Morgan fingerprint density at radius 2 is 1.86 bits per heavy atom. The zero-order valence-electron chi connectivity index (χ0n) is 13.5. The average molecular weight is 289 g/mol. The molecule has 4 nitrogen and oxygen atoms in total. The van der Waals surface area contributed by atoms with Gasteiger partial charge >= 0.3 is 6.03 Å². The van der Waals surface area contributed by atoms with Gasteiger partial charge in [0, 0.05) is 37.6 Å². The molecule has 2 rings (SSSR count). The Bertz CT molecular complexity index is 477. The monoisotopic (exact) mass is 289 g/mol. The van der Waals surface area contributed by atoms with Crippen molar-refractivity contribution in [1.29, 1.82) is 0 Å². The number of piperidine rings is 1. The summed E-state index contributed by atoms with van der Waals surface area (Å²) in [6.07, 6.45) is 3.85. The normalized spacial score (nSPS) is 14.9. The molecule has 116 valence electrons. The molecule has 0 spiro atoms. The van der Waals surface area contributed by atoms with Gasteiger partial charge in [-0.1, -0.05) is 6.07 Å². The summed E-state index contributed by atoms with van der Waals surface area (Å²) in [5.74, 6) is 0. The lowest BCUT2D eigenvalue weighted by Gasteiger charge is -2.29. The molecular formula is C17H27N3O. The van der Waals surface area contributed by atoms with E-state index in [0.717, 1.165) is 37.4 Å². The predicted molar refractivity (Wildman–Crippen MR) is 89.2 cm³/mol. The van der Waals surface area contributed by atoms with E-state index in [1.54, 1.807) is 4.90 Å². The zero-order chi connectivity index (χ0) is 15.2. The lowest BCUT2D eigenvalue weighted by atomic mass is 10.1. The van der Waals surface area contributed by atoms with Crippen molar-refractivity contribution in [2.45, 2.75) is 40.0 Å². The number of amides is 2. The number of benzene rings is 1. The van der Waals surface area contributed by atoms with Crippen LogP contribution in [0.15, 0.2) is 18.2 Å². The fourth-order valence-electron chi connectivity index (χ4n) is 2.80. The molecule has 1 aliphatic rings. The second kappa shape index (κ2) is 7.34. The third-order valence-corrected chi connectivity index (χ3v) is 4.23. The Labute approximate surface area is 128 Å². The molecule has 0 radical (unpaired) electrons. The van der Waals surface area contributed by atoms with Crippen LogP contribution in [0.3, 0.4) is 0 Å². The number of hydrogen-bond acceptors (Lipinski definition) is 2. The molecule has 0 aromatic heterocycles. The molecule has 1 aliphatic heterocycles. The van der Waals surface area contributed by atoms with Crippen LogP contribution in [0.25, 0.3) is 0 Å². The van der Waals surface area contributed by atoms with Crippen molar-refractivity contribution in [3.05, 3.63) is 23.8 Å². The summed E-state index contributed by atoms with van der Waals surface area (Å²) in [5.41, 5.74) is 3.25. The molecule has 0 aliphatic carbocycles. The Balaban J connectivity index is 2.13. The van der Waals surface area contributed by atoms with E-state index in [2.05, 4.69) is 28.4 Å². The first-order valence-corrected chi connectivity index (χ1v) is 8.07. The highest BCUT2D eigenvalue weighted by atomic mass is 16.2. The highest BCUT2D eigenvalue weighted by Gasteiger charge is 2.14. The number of hydrogen-bond donors (Lipinski definition) is 1. The van der Waals surface area contributed by atoms with Crippen molar-refractivity contribution in [2.24, 2.45) is 0 Å². The molecule has 1 aromatic carbocycles. The van der Waals surface area contributed by atoms with Crippen molar-refractivity contribution in [3.63, 3.8) is 0 Å². The van der Waals surface area contributed by atoms with Gasteiger partial charge in [-0.05, 0) is 57.7 Å². The average Bonchev–Trinajstić information content (AvgIpc) is 2.51. The van der Waals surface area contributed by atoms with E-state index in [9.17, 15) is 4.79 Å². The lowest BCUT2D eigenvalue weighted by molar-refractivity contribution is 0.217. The van der Waals surface area contributed by atoms with E-state index >= 15 is 0 Å². The molecular weight excluding hydrogens is 262 g/mol. The highest BCUT2D eigenvalue weighted by molar-refractivity contribution is 5.90. The largest absolute Gasteiger partial charge is 0.371 e. The lowest BCUT2D eigenvalue weighted by Crippen LogP contribution is -2.34. The maximum absolute atomic E-state index is 12.2. The Kier molecular flexibility index (Phi) is 5.48. The number of urea groups is 1. The van der Waals surface area contributed by atoms with E-state index in [1.165, 1.54) is 24.9 Å². The first-order chi connectivity index (χ1) is 10.2. The SMILES string of the molecule is CCN(CC)C(=O)Nc1cc(N2CCCCC2)ccc1C. The number of rotatable bonds is 4. The van der Waals surface area contributed by atoms with Crippen LogP contribution in [0.2, 0.25) is 0 Å². The van der Waals surface area contributed by atoms with Crippen LogP contribution in [0.5, 0.6) is 0 Å². The molecule has 1 fully saturated rings. The molecule has 0 bridgehead atoms. The standard InChI is InChI=1S/C17H27N3O/c1-4-19(5-2)17(21)18-16-13-15(10-9-14(16)3)20-11-7-6-8-12-20/h9-10,13H,4-8,11-12H2,1-3H3,(H,18,21). The number of nitrogens with one attached hydrogen (secondary N) is 1. The Morgan fingerprint density at radius 1 is 1.19 bits per heavy atom. The summed E-state index contributed by atoms with van der Waals surface area (Å²) in [4.78, 5) is 16.4. The van der Waals surface area contributed by atoms with E-state index in [-0.39, 0.29) is 6.03 Å². The molecule has 1 heterocycles. The number of carbonyl (C=O) groups is 1. The summed E-state index contributed by atoms with van der Waals surface area (Å²) >= 11 is 0. The second-order valence-corrected chi connectivity index (χ2v) is 5.65. The summed E-state index contributed by atoms with van der Waals surface area (Å²) in [6.45, 7) is 9.73. The van der Waals surface area contributed by atoms with E-state index in [4.69, 9.17) is 0 Å². The smallest absolute Gasteiger partial charge is 0.321 e. The summed E-state index contributed by atoms with van der Waals surface area (Å²) in [7, 11) is 0. The minimum Gasteiger partial charge on any atom is -0.371 e. The van der Waals surface area contributed by atoms with Crippen molar-refractivity contribution >= 4 is 17.4 Å². The first-order valence-electron chi connectivity index (χ1n) is 8.07. The molecule has 2 amide bonds. The van der Waals surface area contributed by atoms with Crippen LogP contribution in [0.1, 0.15) is 38.7 Å². The Morgan fingerprint density at radius 3 is 2.48 bits per heavy atom. The molecule has 21 heavy (non-hydrogen) atoms. The van der Waals surface area contributed by atoms with Crippen molar-refractivity contribution in [3.8, 4) is 0 Å². The van der Waals surface area contributed by atoms with Gasteiger partial charge < -0.3 is 15.1 Å². The van der Waals surface area contributed by atoms with Gasteiger partial charge in [0.25, 0.3) is 0 Å². The summed E-state index contributed by atoms with van der Waals surface area (Å²) in [5, 5.41) is 3.05. The first kappa shape index (κ1) is 15.7. The van der Waals surface area contributed by atoms with Gasteiger partial charge in [0.05, 0.1) is 0 Å². The topological polar surface area (TPSA) is 35.6 Å². The van der Waals surface area contributed by atoms with Crippen LogP contribution >= 0.6 is 0 Å². The van der Waals surface area contributed by atoms with Crippen LogP contribution in [-0.2, 0) is 0 Å². The molecule has 0 atom stereocenters. The number of anilines is 2. The molecule has 0 saturated carbocycles. The third kappa shape index (κ3) is 3.90. The van der Waals surface area contributed by atoms with Gasteiger partial charge in [-0.2, -0.15) is 0 Å². The molecule has 1 N–H and O–H groups in total. The third-order valence-electron chi connectivity index (χ3n) is 4.23. The summed E-state index contributed by atoms with van der Waals surface area (Å²) in [6, 6.07) is 6.36. The predicted octanol–water partition coefficient (Wildman–Crippen LogP) is 3.86. The Hall–Kier alpha value is -1.71. The maximum Gasteiger partial charge on any atom is 0.321 e. The van der Waals surface area contributed by atoms with Crippen LogP contribution in [-0.4, -0.2) is 37.1 Å². The van der Waals surface area contributed by atoms with Crippen LogP contribution in [0, 0.1) is 6.92 Å². The zero-order valence-corrected chi connectivity index (χ0v) is 13.5. The molecule has 0 unspecified atom stereocenters. The van der Waals surface area contributed by atoms with Gasteiger partial charge in [0.1, 0.15) is 0 Å². The van der Waals surface area contributed by atoms with Gasteiger partial charge in [0.2, 0.25) is 0 Å². The van der Waals surface area contributed by atoms with Crippen molar-refractivity contribution < 1.29 is 4.79 Å². The minimum absolute atomic E-state index is 0.0149. The summed E-state index contributed by atoms with van der Waals surface area (Å²) < 4.78 is 0. The molecule has 4 heteroatoms. The number of aryl methyl sites for hydroxylation is 1. The number of carbonyl (C=O) groups excluding carboxylic acids is 1. The fraction of sp³-hybridized carbons (Fsp3) is 0.588. The van der Waals surface area contributed by atoms with Gasteiger partial charge in [-0.25, -0.2) is 4.79 Å². The number of nitrogens with zero attached hydrogens (tertiary/aromatic N) is 2. The second-order valence-electron chi connectivity index (χ2n) is 5.65. The van der Waals surface area contributed by atoms with Gasteiger partial charge in [-0.15, -0.1) is 0 Å². The molecule has 1 aromatic rings. The van der Waals surface area contributed by atoms with E-state index in [1.807, 2.05) is 20.8 Å². The van der Waals surface area contributed by atoms with E-state index < -0.39 is 0 Å². The quantitative estimate of drug-likeness (QED) is 0.913. The van der Waals surface area contributed by atoms with Crippen LogP contribution in [0.4, 0.5) is 16.2 Å². The van der Waals surface area contributed by atoms with Crippen molar-refractivity contribution in [2.75, 3.05) is 36.4 Å². The maximum atomic E-state index is 12.2. The van der Waals surface area contributed by atoms with Gasteiger partial charge in [-0.3, -0.25) is 0 Å². The minimum atomic E-state index is -0.0149. The van der Waals surface area contributed by atoms with Gasteiger partial charge in [0.15, 0.2) is 0 Å².